The molecule has 0 N–H and O–H groups in total. The highest BCUT2D eigenvalue weighted by molar-refractivity contribution is 5.91. The molecule has 17 heteroatoms. The van der Waals surface area contributed by atoms with Crippen molar-refractivity contribution in [2.75, 3.05) is 32.3 Å². The highest BCUT2D eigenvalue weighted by Gasteiger charge is 2.44. The van der Waals surface area contributed by atoms with Gasteiger partial charge in [0.2, 0.25) is 0 Å². The number of hydrogen-bond donors (Lipinski definition) is 0. The van der Waals surface area contributed by atoms with Crippen molar-refractivity contribution in [1.82, 2.24) is 4.90 Å². The van der Waals surface area contributed by atoms with Crippen LogP contribution in [-0.4, -0.2) is 44.5 Å². The van der Waals surface area contributed by atoms with Crippen LogP contribution in [0.1, 0.15) is 65.7 Å². The number of hydrogen-bond acceptors (Lipinski definition) is 6. The van der Waals surface area contributed by atoms with Gasteiger partial charge in [-0.05, 0) is 67.8 Å². The van der Waals surface area contributed by atoms with Crippen LogP contribution in [0.3, 0.4) is 0 Å². The van der Waals surface area contributed by atoms with Gasteiger partial charge in [0.25, 0.3) is 0 Å². The number of amides is 2. The third kappa shape index (κ3) is 8.13. The number of alkyl halides is 9. The van der Waals surface area contributed by atoms with Crippen LogP contribution in [0, 0.1) is 0 Å². The number of methoxy groups -OCH3 is 2. The van der Waals surface area contributed by atoms with Gasteiger partial charge in [-0.3, -0.25) is 9.80 Å². The van der Waals surface area contributed by atoms with Gasteiger partial charge in [-0.2, -0.15) is 39.5 Å². The average molecular weight is 723 g/mol. The summed E-state index contributed by atoms with van der Waals surface area (Å²) in [4.78, 5) is 29.1. The zero-order valence-electron chi connectivity index (χ0n) is 26.9. The minimum Gasteiger partial charge on any atom is -0.493 e. The van der Waals surface area contributed by atoms with Gasteiger partial charge in [0, 0.05) is 18.2 Å². The molecule has 3 aromatic carbocycles. The van der Waals surface area contributed by atoms with Crippen molar-refractivity contribution in [3.05, 3.63) is 88.0 Å². The molecule has 0 saturated heterocycles. The summed E-state index contributed by atoms with van der Waals surface area (Å²) in [6, 6.07) is 4.92. The first-order valence-corrected chi connectivity index (χ1v) is 14.9. The van der Waals surface area contributed by atoms with Gasteiger partial charge >= 0.3 is 30.7 Å². The fourth-order valence-electron chi connectivity index (χ4n) is 5.68. The van der Waals surface area contributed by atoms with Crippen LogP contribution in [0.15, 0.2) is 54.6 Å². The molecule has 0 bridgehead atoms. The van der Waals surface area contributed by atoms with Gasteiger partial charge in [0.05, 0.1) is 61.9 Å². The predicted molar refractivity (Wildman–Crippen MR) is 160 cm³/mol. The molecule has 50 heavy (non-hydrogen) atoms. The van der Waals surface area contributed by atoms with Crippen LogP contribution in [0.4, 0.5) is 54.8 Å². The summed E-state index contributed by atoms with van der Waals surface area (Å²) < 4.78 is 144. The average Bonchev–Trinajstić information content (AvgIpc) is 3.04. The van der Waals surface area contributed by atoms with Crippen LogP contribution >= 0.6 is 0 Å². The van der Waals surface area contributed by atoms with Crippen molar-refractivity contribution in [2.45, 2.75) is 57.4 Å². The molecule has 8 nitrogen and oxygen atoms in total. The zero-order valence-corrected chi connectivity index (χ0v) is 26.9. The number of halogens is 9. The Balaban J connectivity index is 1.99. The summed E-state index contributed by atoms with van der Waals surface area (Å²) in [5.74, 6) is 0.151. The first-order chi connectivity index (χ1) is 23.3. The third-order valence-corrected chi connectivity index (χ3v) is 7.88. The molecular weight excluding hydrogens is 691 g/mol. The summed E-state index contributed by atoms with van der Waals surface area (Å²) in [7, 11) is 2.56. The van der Waals surface area contributed by atoms with E-state index in [4.69, 9.17) is 18.9 Å². The quantitative estimate of drug-likeness (QED) is 0.216. The van der Waals surface area contributed by atoms with Crippen molar-refractivity contribution in [2.24, 2.45) is 0 Å². The van der Waals surface area contributed by atoms with Crippen LogP contribution in [0.2, 0.25) is 0 Å². The Labute approximate surface area is 280 Å². The van der Waals surface area contributed by atoms with E-state index in [9.17, 15) is 49.1 Å². The molecular formula is C33H31F9N2O6. The summed E-state index contributed by atoms with van der Waals surface area (Å²) in [6.45, 7) is 1.74. The molecule has 2 atom stereocenters. The lowest BCUT2D eigenvalue weighted by Crippen LogP contribution is -2.45. The number of ether oxygens (including phenoxy) is 4. The Bertz CT molecular complexity index is 1660. The lowest BCUT2D eigenvalue weighted by Gasteiger charge is -2.44. The second-order valence-electron chi connectivity index (χ2n) is 11.0. The first-order valence-electron chi connectivity index (χ1n) is 14.9. The maximum atomic E-state index is 13.8. The van der Waals surface area contributed by atoms with Gasteiger partial charge in [-0.15, -0.1) is 0 Å². The molecule has 3 aromatic rings. The third-order valence-electron chi connectivity index (χ3n) is 7.88. The zero-order chi connectivity index (χ0) is 37.2. The van der Waals surface area contributed by atoms with E-state index in [0.717, 1.165) is 34.1 Å². The van der Waals surface area contributed by atoms with Crippen LogP contribution in [-0.2, 0) is 34.5 Å². The fourth-order valence-corrected chi connectivity index (χ4v) is 5.68. The fraction of sp³-hybridized carbons (Fsp3) is 0.394. The maximum Gasteiger partial charge on any atom is 0.416 e. The topological polar surface area (TPSA) is 77.5 Å². The standard InChI is InChI=1S/C33H31F9N2O6/c1-5-49-29(45)43(17-18-11-21(32(37,38)39)13-22(12-18)33(40,41)42)25-15-24(19-7-9-20(10-8-19)31(34,35)36)44(30(46)50-6-2)26-16-28(48-4)27(47-3)14-23(25)26/h7-14,16,24-25H,5-6,15,17H2,1-4H3/t24-,25-/m0/s1. The summed E-state index contributed by atoms with van der Waals surface area (Å²) in [5, 5.41) is 0. The van der Waals surface area contributed by atoms with Crippen molar-refractivity contribution in [3.63, 3.8) is 0 Å². The van der Waals surface area contributed by atoms with Gasteiger partial charge in [-0.25, -0.2) is 9.59 Å². The van der Waals surface area contributed by atoms with Crippen molar-refractivity contribution >= 4 is 17.9 Å². The SMILES string of the molecule is CCOC(=O)N(Cc1cc(C(F)(F)F)cc(C(F)(F)F)c1)[C@H]1C[C@@H](c2ccc(C(F)(F)F)cc2)N(C(=O)OCC)c2cc(OC)c(OC)cc21. The number of benzene rings is 3. The molecule has 0 fully saturated rings. The summed E-state index contributed by atoms with van der Waals surface area (Å²) >= 11 is 0. The number of carbonyl (C=O) groups is 2. The van der Waals surface area contributed by atoms with E-state index >= 15 is 0 Å². The Kier molecular flexibility index (Phi) is 11.1. The highest BCUT2D eigenvalue weighted by atomic mass is 19.4. The van der Waals surface area contributed by atoms with Crippen LogP contribution in [0.5, 0.6) is 11.5 Å². The molecule has 1 aliphatic heterocycles. The van der Waals surface area contributed by atoms with Crippen molar-refractivity contribution in [1.29, 1.82) is 0 Å². The van der Waals surface area contributed by atoms with Gasteiger partial charge < -0.3 is 18.9 Å². The monoisotopic (exact) mass is 722 g/mol. The van der Waals surface area contributed by atoms with E-state index in [2.05, 4.69) is 0 Å². The Morgan fingerprint density at radius 2 is 1.26 bits per heavy atom. The molecule has 0 spiro atoms. The second kappa shape index (κ2) is 14.6. The number of fused-ring (bicyclic) bond motifs is 1. The molecule has 0 unspecified atom stereocenters. The highest BCUT2D eigenvalue weighted by Crippen LogP contribution is 2.51. The Morgan fingerprint density at radius 3 is 1.74 bits per heavy atom. The minimum atomic E-state index is -5.18. The van der Waals surface area contributed by atoms with Gasteiger partial charge in [0.1, 0.15) is 0 Å². The molecule has 272 valence electrons. The number of carbonyl (C=O) groups excluding carboxylic acids is 2. The lowest BCUT2D eigenvalue weighted by molar-refractivity contribution is -0.143. The Morgan fingerprint density at radius 1 is 0.740 bits per heavy atom. The molecule has 0 radical (unpaired) electrons. The molecule has 0 aromatic heterocycles. The largest absolute Gasteiger partial charge is 0.493 e. The first kappa shape index (κ1) is 38.0. The number of anilines is 1. The van der Waals surface area contributed by atoms with E-state index in [0.29, 0.717) is 12.1 Å². The van der Waals surface area contributed by atoms with E-state index in [1.54, 1.807) is 0 Å². The molecule has 1 heterocycles. The summed E-state index contributed by atoms with van der Waals surface area (Å²) in [6.07, 6.45) is -17.5. The van der Waals surface area contributed by atoms with Crippen molar-refractivity contribution in [3.8, 4) is 11.5 Å². The molecule has 1 aliphatic rings. The second-order valence-corrected chi connectivity index (χ2v) is 11.0. The smallest absolute Gasteiger partial charge is 0.416 e. The number of nitrogens with zero attached hydrogens (tertiary/aromatic N) is 2. The number of rotatable bonds is 8. The van der Waals surface area contributed by atoms with Gasteiger partial charge in [-0.1, -0.05) is 12.1 Å². The van der Waals surface area contributed by atoms with Gasteiger partial charge in [0.15, 0.2) is 11.5 Å². The predicted octanol–water partition coefficient (Wildman–Crippen LogP) is 9.57. The molecule has 0 saturated carbocycles. The van der Waals surface area contributed by atoms with Crippen LogP contribution < -0.4 is 14.4 Å². The molecule has 0 aliphatic carbocycles. The molecule has 4 rings (SSSR count). The van der Waals surface area contributed by atoms with E-state index in [1.165, 1.54) is 40.2 Å². The van der Waals surface area contributed by atoms with Crippen LogP contribution in [0.25, 0.3) is 0 Å². The minimum absolute atomic E-state index is 0.0107. The van der Waals surface area contributed by atoms with E-state index < -0.39 is 71.6 Å². The maximum absolute atomic E-state index is 13.8. The summed E-state index contributed by atoms with van der Waals surface area (Å²) in [5.41, 5.74) is -4.51. The van der Waals surface area contributed by atoms with E-state index in [1.807, 2.05) is 0 Å². The van der Waals surface area contributed by atoms with Crippen molar-refractivity contribution < 1.29 is 68.1 Å². The lowest BCUT2D eigenvalue weighted by atomic mass is 9.86. The Hall–Kier alpha value is -4.83. The normalized spacial score (nSPS) is 16.4. The van der Waals surface area contributed by atoms with E-state index in [-0.39, 0.29) is 54.0 Å². The molecule has 2 amide bonds.